The molecule has 0 unspecified atom stereocenters. The van der Waals surface area contributed by atoms with Gasteiger partial charge in [-0.05, 0) is 67.2 Å². The molecule has 1 aliphatic rings. The number of nitrogens with zero attached hydrogens (tertiary/aromatic N) is 1. The van der Waals surface area contributed by atoms with Crippen molar-refractivity contribution in [3.05, 3.63) is 77.2 Å². The number of benzene rings is 2. The highest BCUT2D eigenvalue weighted by Crippen LogP contribution is 2.37. The van der Waals surface area contributed by atoms with E-state index in [4.69, 9.17) is 9.52 Å². The van der Waals surface area contributed by atoms with Crippen molar-refractivity contribution >= 4 is 17.5 Å². The fraction of sp³-hybridized carbons (Fsp3) is 0.400. The lowest BCUT2D eigenvalue weighted by Gasteiger charge is -2.28. The van der Waals surface area contributed by atoms with E-state index in [1.54, 1.807) is 30.3 Å². The summed E-state index contributed by atoms with van der Waals surface area (Å²) >= 11 is 0. The van der Waals surface area contributed by atoms with Crippen LogP contribution in [-0.4, -0.2) is 27.6 Å². The first-order chi connectivity index (χ1) is 18.6. The van der Waals surface area contributed by atoms with Gasteiger partial charge in [-0.25, -0.2) is 4.98 Å². The van der Waals surface area contributed by atoms with Gasteiger partial charge >= 0.3 is 12.1 Å². The van der Waals surface area contributed by atoms with E-state index in [9.17, 15) is 27.6 Å². The molecule has 0 spiro atoms. The molecule has 4 rings (SSSR count). The van der Waals surface area contributed by atoms with E-state index in [1.807, 2.05) is 24.3 Å². The fourth-order valence-corrected chi connectivity index (χ4v) is 5.14. The molecule has 1 saturated carbocycles. The minimum absolute atomic E-state index is 0.0577. The summed E-state index contributed by atoms with van der Waals surface area (Å²) < 4.78 is 45.7. The van der Waals surface area contributed by atoms with E-state index in [-0.39, 0.29) is 49.7 Å². The number of carbonyl (C=O) groups is 3. The van der Waals surface area contributed by atoms with Crippen LogP contribution in [0.25, 0.3) is 11.5 Å². The summed E-state index contributed by atoms with van der Waals surface area (Å²) in [7, 11) is 0. The van der Waals surface area contributed by atoms with Gasteiger partial charge in [0.1, 0.15) is 5.78 Å². The summed E-state index contributed by atoms with van der Waals surface area (Å²) in [5, 5.41) is 8.97. The van der Waals surface area contributed by atoms with Crippen LogP contribution in [0.4, 0.5) is 13.2 Å². The first-order valence-electron chi connectivity index (χ1n) is 13.1. The molecule has 6 nitrogen and oxygen atoms in total. The van der Waals surface area contributed by atoms with Crippen LogP contribution in [0.3, 0.4) is 0 Å². The van der Waals surface area contributed by atoms with E-state index in [0.29, 0.717) is 11.5 Å². The van der Waals surface area contributed by atoms with Crippen LogP contribution in [0.15, 0.2) is 59.0 Å². The molecule has 1 fully saturated rings. The topological polar surface area (TPSA) is 97.5 Å². The molecule has 0 bridgehead atoms. The van der Waals surface area contributed by atoms with Crippen LogP contribution >= 0.6 is 0 Å². The summed E-state index contributed by atoms with van der Waals surface area (Å²) in [4.78, 5) is 39.5. The molecule has 1 aromatic heterocycles. The van der Waals surface area contributed by atoms with E-state index in [0.717, 1.165) is 31.2 Å². The Morgan fingerprint density at radius 3 is 2.21 bits per heavy atom. The van der Waals surface area contributed by atoms with Crippen LogP contribution < -0.4 is 0 Å². The lowest BCUT2D eigenvalue weighted by molar-refractivity contribution is -0.141. The van der Waals surface area contributed by atoms with Crippen LogP contribution in [0, 0.1) is 5.92 Å². The SMILES string of the molecule is O=C(O)CC1CCC(c2ccc(CC(=O)CCCC(=O)c3oc(-c4ccccc4)nc3C(F)(F)F)cc2)CC1. The van der Waals surface area contributed by atoms with E-state index in [2.05, 4.69) is 4.98 Å². The number of ketones is 2. The predicted octanol–water partition coefficient (Wildman–Crippen LogP) is 7.27. The Bertz CT molecular complexity index is 1290. The lowest BCUT2D eigenvalue weighted by atomic mass is 9.77. The number of hydrogen-bond acceptors (Lipinski definition) is 5. The third-order valence-electron chi connectivity index (χ3n) is 7.19. The quantitative estimate of drug-likeness (QED) is 0.256. The van der Waals surface area contributed by atoms with Crippen molar-refractivity contribution in [2.24, 2.45) is 5.92 Å². The maximum atomic E-state index is 13.5. The third kappa shape index (κ3) is 7.65. The zero-order valence-corrected chi connectivity index (χ0v) is 21.4. The monoisotopic (exact) mass is 541 g/mol. The van der Waals surface area contributed by atoms with Crippen LogP contribution in [0.5, 0.6) is 0 Å². The molecule has 0 atom stereocenters. The van der Waals surface area contributed by atoms with Gasteiger partial charge in [0.25, 0.3) is 0 Å². The number of rotatable bonds is 11. The third-order valence-corrected chi connectivity index (χ3v) is 7.19. The van der Waals surface area contributed by atoms with Gasteiger partial charge in [0.2, 0.25) is 11.7 Å². The number of carboxylic acids is 1. The second-order valence-corrected chi connectivity index (χ2v) is 10.1. The van der Waals surface area contributed by atoms with Gasteiger partial charge in [-0.2, -0.15) is 13.2 Å². The van der Waals surface area contributed by atoms with Crippen molar-refractivity contribution < 1.29 is 37.1 Å². The zero-order valence-electron chi connectivity index (χ0n) is 21.4. The second-order valence-electron chi connectivity index (χ2n) is 10.1. The minimum atomic E-state index is -4.85. The highest BCUT2D eigenvalue weighted by molar-refractivity contribution is 5.95. The van der Waals surface area contributed by atoms with Crippen molar-refractivity contribution in [1.82, 2.24) is 4.98 Å². The smallest absolute Gasteiger partial charge is 0.437 e. The molecular formula is C30H30F3NO5. The summed E-state index contributed by atoms with van der Waals surface area (Å²) in [6, 6.07) is 15.8. The molecule has 0 radical (unpaired) electrons. The molecule has 1 heterocycles. The molecule has 1 N–H and O–H groups in total. The minimum Gasteiger partial charge on any atom is -0.481 e. The van der Waals surface area contributed by atoms with Gasteiger partial charge in [-0.1, -0.05) is 42.5 Å². The average Bonchev–Trinajstić information content (AvgIpc) is 3.37. The maximum absolute atomic E-state index is 13.5. The summed E-state index contributed by atoms with van der Waals surface area (Å²) in [5.41, 5.74) is 0.979. The van der Waals surface area contributed by atoms with Crippen molar-refractivity contribution in [3.8, 4) is 11.5 Å². The number of Topliss-reactive ketones (excluding diaryl/α,β-unsaturated/α-hetero) is 2. The number of aliphatic carboxylic acids is 1. The second kappa shape index (κ2) is 12.4. The first-order valence-corrected chi connectivity index (χ1v) is 13.1. The first kappa shape index (κ1) is 28.3. The van der Waals surface area contributed by atoms with Crippen LogP contribution in [0.1, 0.15) is 84.7 Å². The van der Waals surface area contributed by atoms with Crippen molar-refractivity contribution in [2.75, 3.05) is 0 Å². The highest BCUT2D eigenvalue weighted by atomic mass is 19.4. The standard InChI is InChI=1S/C30H30F3NO5/c31-30(32,33)28-27(39-29(34-28)23-5-2-1-3-6-23)25(36)8-4-7-24(35)17-19-9-13-21(14-10-19)22-15-11-20(12-16-22)18-26(37)38/h1-3,5-6,9-10,13-14,20,22H,4,7-8,11-12,15-18H2,(H,37,38). The number of alkyl halides is 3. The molecule has 2 aromatic carbocycles. The van der Waals surface area contributed by atoms with Gasteiger partial charge in [-0.3, -0.25) is 14.4 Å². The van der Waals surface area contributed by atoms with Gasteiger partial charge < -0.3 is 9.52 Å². The molecule has 3 aromatic rings. The average molecular weight is 542 g/mol. The molecule has 0 aliphatic heterocycles. The van der Waals surface area contributed by atoms with E-state index >= 15 is 0 Å². The van der Waals surface area contributed by atoms with Gasteiger partial charge in [0.15, 0.2) is 11.5 Å². The molecule has 0 amide bonds. The van der Waals surface area contributed by atoms with E-state index < -0.39 is 29.4 Å². The molecule has 206 valence electrons. The normalized spacial score (nSPS) is 17.6. The number of hydrogen-bond donors (Lipinski definition) is 1. The summed E-state index contributed by atoms with van der Waals surface area (Å²) in [6.45, 7) is 0. The van der Waals surface area contributed by atoms with Gasteiger partial charge in [-0.15, -0.1) is 0 Å². The number of aromatic nitrogens is 1. The van der Waals surface area contributed by atoms with Crippen LogP contribution in [-0.2, 0) is 22.2 Å². The fourth-order valence-electron chi connectivity index (χ4n) is 5.14. The van der Waals surface area contributed by atoms with Gasteiger partial charge in [0, 0.05) is 31.2 Å². The molecule has 1 aliphatic carbocycles. The summed E-state index contributed by atoms with van der Waals surface area (Å²) in [5.74, 6) is -2.20. The summed E-state index contributed by atoms with van der Waals surface area (Å²) in [6.07, 6.45) is -0.885. The van der Waals surface area contributed by atoms with E-state index in [1.165, 1.54) is 5.56 Å². The number of halogens is 3. The molecule has 0 saturated heterocycles. The Kier molecular flexibility index (Phi) is 8.99. The predicted molar refractivity (Wildman–Crippen MR) is 137 cm³/mol. The highest BCUT2D eigenvalue weighted by Gasteiger charge is 2.41. The Morgan fingerprint density at radius 1 is 0.923 bits per heavy atom. The zero-order chi connectivity index (χ0) is 28.0. The van der Waals surface area contributed by atoms with Crippen LogP contribution in [0.2, 0.25) is 0 Å². The van der Waals surface area contributed by atoms with Crippen molar-refractivity contribution in [2.45, 2.75) is 69.9 Å². The Labute approximate surface area is 224 Å². The molecular weight excluding hydrogens is 511 g/mol. The Balaban J connectivity index is 1.27. The van der Waals surface area contributed by atoms with Crippen molar-refractivity contribution in [3.63, 3.8) is 0 Å². The van der Waals surface area contributed by atoms with Gasteiger partial charge in [0.05, 0.1) is 0 Å². The molecule has 39 heavy (non-hydrogen) atoms. The Hall–Kier alpha value is -3.75. The van der Waals surface area contributed by atoms with Crippen molar-refractivity contribution in [1.29, 1.82) is 0 Å². The lowest BCUT2D eigenvalue weighted by Crippen LogP contribution is -2.16. The number of carboxylic acid groups (broad SMARTS) is 1. The number of oxazole rings is 1. The maximum Gasteiger partial charge on any atom is 0.437 e. The molecule has 9 heteroatoms. The largest absolute Gasteiger partial charge is 0.481 e. The Morgan fingerprint density at radius 2 is 1.59 bits per heavy atom. The number of carbonyl (C=O) groups excluding carboxylic acids is 2.